The van der Waals surface area contributed by atoms with Gasteiger partial charge in [-0.1, -0.05) is 34.4 Å². The standard InChI is InChI=1S/C23H23Cl2N5O4S/c1-2-33-20(31)12-34-29-21(18-5-8-26-28-18)23(32)30-9-6-14(7-10-30)22-27-19(13-35-22)15-3-4-16(24)17(25)11-15/h3-5,8,11,13-14H,2,6-7,9-10,12H2,1H3,(H,26,28). The van der Waals surface area contributed by atoms with Crippen molar-refractivity contribution < 1.29 is 19.2 Å². The highest BCUT2D eigenvalue weighted by Crippen LogP contribution is 2.34. The van der Waals surface area contributed by atoms with Crippen LogP contribution in [0.1, 0.15) is 36.4 Å². The zero-order valence-electron chi connectivity index (χ0n) is 18.9. The molecule has 12 heteroatoms. The van der Waals surface area contributed by atoms with Crippen molar-refractivity contribution in [2.45, 2.75) is 25.7 Å². The average Bonchev–Trinajstić information content (AvgIpc) is 3.56. The number of hydrogen-bond donors (Lipinski definition) is 1. The number of ether oxygens (including phenoxy) is 1. The molecule has 1 saturated heterocycles. The fourth-order valence-electron chi connectivity index (χ4n) is 3.69. The number of hydrogen-bond acceptors (Lipinski definition) is 8. The van der Waals surface area contributed by atoms with Gasteiger partial charge in [0, 0.05) is 36.1 Å². The van der Waals surface area contributed by atoms with E-state index in [2.05, 4.69) is 15.4 Å². The number of nitrogens with one attached hydrogen (secondary N) is 1. The van der Waals surface area contributed by atoms with Gasteiger partial charge in [-0.15, -0.1) is 11.3 Å². The number of rotatable bonds is 8. The number of benzene rings is 1. The summed E-state index contributed by atoms with van der Waals surface area (Å²) < 4.78 is 4.82. The zero-order valence-corrected chi connectivity index (χ0v) is 21.2. The third-order valence-electron chi connectivity index (χ3n) is 5.47. The van der Waals surface area contributed by atoms with Crippen LogP contribution in [-0.4, -0.2) is 64.0 Å². The summed E-state index contributed by atoms with van der Waals surface area (Å²) in [6.07, 6.45) is 3.05. The van der Waals surface area contributed by atoms with Gasteiger partial charge in [-0.3, -0.25) is 9.89 Å². The topological polar surface area (TPSA) is 110 Å². The third kappa shape index (κ3) is 6.19. The molecule has 35 heavy (non-hydrogen) atoms. The Kier molecular flexibility index (Phi) is 8.37. The van der Waals surface area contributed by atoms with Crippen LogP contribution in [0.5, 0.6) is 0 Å². The van der Waals surface area contributed by atoms with Crippen molar-refractivity contribution in [2.75, 3.05) is 26.3 Å². The Labute approximate surface area is 216 Å². The number of carbonyl (C=O) groups excluding carboxylic acids is 2. The van der Waals surface area contributed by atoms with Crippen LogP contribution in [0.3, 0.4) is 0 Å². The first-order valence-corrected chi connectivity index (χ1v) is 12.6. The molecule has 9 nitrogen and oxygen atoms in total. The minimum Gasteiger partial charge on any atom is -0.463 e. The summed E-state index contributed by atoms with van der Waals surface area (Å²) in [5.74, 6) is -0.613. The number of oxime groups is 1. The number of aromatic nitrogens is 3. The molecule has 1 N–H and O–H groups in total. The number of piperidine rings is 1. The van der Waals surface area contributed by atoms with Crippen LogP contribution in [0.25, 0.3) is 11.3 Å². The molecule has 0 bridgehead atoms. The van der Waals surface area contributed by atoms with Crippen LogP contribution in [0.15, 0.2) is 41.0 Å². The molecule has 1 aliphatic rings. The van der Waals surface area contributed by atoms with Crippen LogP contribution in [-0.2, 0) is 19.2 Å². The molecule has 1 aromatic carbocycles. The van der Waals surface area contributed by atoms with E-state index >= 15 is 0 Å². The Bertz CT molecular complexity index is 1210. The molecule has 3 aromatic rings. The van der Waals surface area contributed by atoms with Crippen molar-refractivity contribution in [1.29, 1.82) is 0 Å². The summed E-state index contributed by atoms with van der Waals surface area (Å²) in [5, 5.41) is 14.6. The van der Waals surface area contributed by atoms with Crippen molar-refractivity contribution in [1.82, 2.24) is 20.1 Å². The van der Waals surface area contributed by atoms with Gasteiger partial charge in [0.15, 0.2) is 5.71 Å². The molecule has 0 aliphatic carbocycles. The van der Waals surface area contributed by atoms with Crippen LogP contribution < -0.4 is 0 Å². The molecule has 184 valence electrons. The van der Waals surface area contributed by atoms with E-state index < -0.39 is 5.97 Å². The lowest BCUT2D eigenvalue weighted by molar-refractivity contribution is -0.148. The maximum Gasteiger partial charge on any atom is 0.347 e. The predicted octanol–water partition coefficient (Wildman–Crippen LogP) is 4.53. The average molecular weight is 536 g/mol. The molecule has 2 aromatic heterocycles. The Morgan fingerprint density at radius 1 is 1.23 bits per heavy atom. The van der Waals surface area contributed by atoms with Crippen molar-refractivity contribution in [3.63, 3.8) is 0 Å². The first-order valence-electron chi connectivity index (χ1n) is 11.0. The van der Waals surface area contributed by atoms with Crippen LogP contribution in [0, 0.1) is 0 Å². The Balaban J connectivity index is 1.39. The fourth-order valence-corrected chi connectivity index (χ4v) is 4.98. The first-order chi connectivity index (χ1) is 17.0. The number of aromatic amines is 1. The highest BCUT2D eigenvalue weighted by molar-refractivity contribution is 7.10. The molecule has 3 heterocycles. The first kappa shape index (κ1) is 25.2. The van der Waals surface area contributed by atoms with Crippen molar-refractivity contribution >= 4 is 52.1 Å². The maximum absolute atomic E-state index is 13.2. The number of likely N-dealkylation sites (tertiary alicyclic amines) is 1. The minimum atomic E-state index is -0.558. The molecule has 0 unspecified atom stereocenters. The maximum atomic E-state index is 13.2. The summed E-state index contributed by atoms with van der Waals surface area (Å²) in [6.45, 7) is 2.63. The van der Waals surface area contributed by atoms with E-state index in [-0.39, 0.29) is 30.8 Å². The van der Waals surface area contributed by atoms with E-state index in [0.717, 1.165) is 29.1 Å². The second-order valence-electron chi connectivity index (χ2n) is 7.76. The zero-order chi connectivity index (χ0) is 24.8. The third-order valence-corrected chi connectivity index (χ3v) is 7.22. The molecule has 0 saturated carbocycles. The summed E-state index contributed by atoms with van der Waals surface area (Å²) in [7, 11) is 0. The lowest BCUT2D eigenvalue weighted by Crippen LogP contribution is -2.42. The molecule has 1 aliphatic heterocycles. The van der Waals surface area contributed by atoms with Gasteiger partial charge in [0.05, 0.1) is 33.0 Å². The Morgan fingerprint density at radius 2 is 2.03 bits per heavy atom. The second-order valence-corrected chi connectivity index (χ2v) is 9.46. The van der Waals surface area contributed by atoms with Crippen LogP contribution in [0.4, 0.5) is 0 Å². The van der Waals surface area contributed by atoms with Crippen LogP contribution >= 0.6 is 34.5 Å². The van der Waals surface area contributed by atoms with Gasteiger partial charge in [0.1, 0.15) is 0 Å². The van der Waals surface area contributed by atoms with Gasteiger partial charge >= 0.3 is 5.97 Å². The number of thiazole rings is 1. The highest BCUT2D eigenvalue weighted by atomic mass is 35.5. The van der Waals surface area contributed by atoms with Crippen molar-refractivity contribution in [2.24, 2.45) is 5.16 Å². The lowest BCUT2D eigenvalue weighted by Gasteiger charge is -2.31. The van der Waals surface area contributed by atoms with Crippen molar-refractivity contribution in [3.8, 4) is 11.3 Å². The largest absolute Gasteiger partial charge is 0.463 e. The Morgan fingerprint density at radius 3 is 2.71 bits per heavy atom. The summed E-state index contributed by atoms with van der Waals surface area (Å²) in [4.78, 5) is 36.3. The SMILES string of the molecule is CCOC(=O)CON=C(C(=O)N1CCC(c2nc(-c3ccc(Cl)c(Cl)c3)cs2)CC1)c1ccn[nH]1. The highest BCUT2D eigenvalue weighted by Gasteiger charge is 2.29. The molecular weight excluding hydrogens is 513 g/mol. The van der Waals surface area contributed by atoms with Gasteiger partial charge in [-0.2, -0.15) is 5.10 Å². The second kappa shape index (κ2) is 11.7. The number of esters is 1. The van der Waals surface area contributed by atoms with Crippen LogP contribution in [0.2, 0.25) is 10.0 Å². The molecular formula is C23H23Cl2N5O4S. The van der Waals surface area contributed by atoms with E-state index in [1.165, 1.54) is 6.20 Å². The molecule has 1 fully saturated rings. The normalized spacial score (nSPS) is 14.7. The smallest absolute Gasteiger partial charge is 0.347 e. The molecule has 1 amide bonds. The fraction of sp³-hybridized carbons (Fsp3) is 0.348. The van der Waals surface area contributed by atoms with Gasteiger partial charge in [0.2, 0.25) is 6.61 Å². The Hall–Kier alpha value is -2.95. The van der Waals surface area contributed by atoms with E-state index in [1.807, 2.05) is 17.5 Å². The molecule has 0 radical (unpaired) electrons. The summed E-state index contributed by atoms with van der Waals surface area (Å²) >= 11 is 13.8. The molecule has 0 atom stereocenters. The number of H-pyrrole nitrogens is 1. The lowest BCUT2D eigenvalue weighted by atomic mass is 9.97. The van der Waals surface area contributed by atoms with E-state index in [9.17, 15) is 9.59 Å². The number of nitrogens with zero attached hydrogens (tertiary/aromatic N) is 4. The monoisotopic (exact) mass is 535 g/mol. The summed E-state index contributed by atoms with van der Waals surface area (Å²) in [6, 6.07) is 7.09. The van der Waals surface area contributed by atoms with E-state index in [0.29, 0.717) is 28.8 Å². The number of amides is 1. The van der Waals surface area contributed by atoms with Gasteiger partial charge in [-0.05, 0) is 38.0 Å². The molecule has 0 spiro atoms. The number of carbonyl (C=O) groups is 2. The minimum absolute atomic E-state index is 0.0569. The van der Waals surface area contributed by atoms with Crippen molar-refractivity contribution in [3.05, 3.63) is 56.6 Å². The molecule has 4 rings (SSSR count). The van der Waals surface area contributed by atoms with Gasteiger partial charge in [0.25, 0.3) is 5.91 Å². The van der Waals surface area contributed by atoms with E-state index in [1.54, 1.807) is 35.3 Å². The van der Waals surface area contributed by atoms with Gasteiger partial charge < -0.3 is 14.5 Å². The number of halogens is 2. The summed E-state index contributed by atoms with van der Waals surface area (Å²) in [5.41, 5.74) is 2.24. The van der Waals surface area contributed by atoms with Gasteiger partial charge in [-0.25, -0.2) is 9.78 Å². The quantitative estimate of drug-likeness (QED) is 0.257. The van der Waals surface area contributed by atoms with E-state index in [4.69, 9.17) is 37.8 Å². The predicted molar refractivity (Wildman–Crippen MR) is 134 cm³/mol.